The van der Waals surface area contributed by atoms with Gasteiger partial charge >= 0.3 is 0 Å². The van der Waals surface area contributed by atoms with Gasteiger partial charge in [0.05, 0.1) is 13.2 Å². The molecule has 4 aromatic rings. The fourth-order valence-corrected chi connectivity index (χ4v) is 2.96. The second-order valence-corrected chi connectivity index (χ2v) is 6.18. The van der Waals surface area contributed by atoms with Crippen molar-refractivity contribution in [1.29, 1.82) is 0 Å². The molecule has 140 valence electrons. The Morgan fingerprint density at radius 3 is 2.43 bits per heavy atom. The maximum atomic E-state index is 13.4. The highest BCUT2D eigenvalue weighted by Crippen LogP contribution is 2.25. The van der Waals surface area contributed by atoms with Crippen LogP contribution in [0.2, 0.25) is 0 Å². The number of hydrogen-bond donors (Lipinski definition) is 1. The van der Waals surface area contributed by atoms with Gasteiger partial charge in [0.25, 0.3) is 5.91 Å². The highest BCUT2D eigenvalue weighted by Gasteiger charge is 2.20. The molecule has 2 aromatic heterocycles. The van der Waals surface area contributed by atoms with Crippen molar-refractivity contribution in [3.05, 3.63) is 95.8 Å². The lowest BCUT2D eigenvalue weighted by atomic mass is 9.98. The van der Waals surface area contributed by atoms with Crippen molar-refractivity contribution < 1.29 is 13.9 Å². The number of nitrogens with zero attached hydrogens (tertiary/aromatic N) is 3. The van der Waals surface area contributed by atoms with Gasteiger partial charge in [-0.3, -0.25) is 9.20 Å². The van der Waals surface area contributed by atoms with Gasteiger partial charge < -0.3 is 10.1 Å². The number of ether oxygens (including phenoxy) is 1. The zero-order valence-electron chi connectivity index (χ0n) is 15.0. The molecule has 0 bridgehead atoms. The average molecular weight is 376 g/mol. The van der Waals surface area contributed by atoms with E-state index in [1.165, 1.54) is 12.1 Å². The Bertz CT molecular complexity index is 1070. The Hall–Kier alpha value is -3.74. The van der Waals surface area contributed by atoms with E-state index in [2.05, 4.69) is 15.3 Å². The summed E-state index contributed by atoms with van der Waals surface area (Å²) in [7, 11) is 1.59. The predicted molar refractivity (Wildman–Crippen MR) is 102 cm³/mol. The molecule has 0 spiro atoms. The molecule has 0 aliphatic heterocycles. The molecule has 28 heavy (non-hydrogen) atoms. The van der Waals surface area contributed by atoms with Crippen molar-refractivity contribution in [2.75, 3.05) is 7.11 Å². The molecule has 4 rings (SSSR count). The van der Waals surface area contributed by atoms with Crippen LogP contribution < -0.4 is 10.1 Å². The SMILES string of the molecule is COc1ccc([C@H](NC(=O)c2cn3cccnc3n2)c2ccc(F)cc2)cc1. The third-order valence-electron chi connectivity index (χ3n) is 4.40. The van der Waals surface area contributed by atoms with Gasteiger partial charge in [-0.15, -0.1) is 0 Å². The summed E-state index contributed by atoms with van der Waals surface area (Å²) in [6.45, 7) is 0. The summed E-state index contributed by atoms with van der Waals surface area (Å²) in [5.41, 5.74) is 1.84. The monoisotopic (exact) mass is 376 g/mol. The highest BCUT2D eigenvalue weighted by atomic mass is 19.1. The van der Waals surface area contributed by atoms with Crippen LogP contribution in [0.15, 0.2) is 73.2 Å². The maximum absolute atomic E-state index is 13.4. The number of halogens is 1. The van der Waals surface area contributed by atoms with E-state index in [4.69, 9.17) is 4.74 Å². The number of methoxy groups -OCH3 is 1. The van der Waals surface area contributed by atoms with Crippen LogP contribution in [0.5, 0.6) is 5.75 Å². The van der Waals surface area contributed by atoms with Crippen LogP contribution in [0.25, 0.3) is 5.78 Å². The number of rotatable bonds is 5. The molecule has 1 atom stereocenters. The molecule has 0 fully saturated rings. The summed E-state index contributed by atoms with van der Waals surface area (Å²) in [6.07, 6.45) is 5.00. The third kappa shape index (κ3) is 3.55. The molecule has 0 saturated heterocycles. The molecule has 0 radical (unpaired) electrons. The molecule has 1 amide bonds. The summed E-state index contributed by atoms with van der Waals surface area (Å²) in [6, 6.07) is 14.7. The van der Waals surface area contributed by atoms with E-state index in [9.17, 15) is 9.18 Å². The lowest BCUT2D eigenvalue weighted by Gasteiger charge is -2.19. The number of fused-ring (bicyclic) bond motifs is 1. The van der Waals surface area contributed by atoms with E-state index in [-0.39, 0.29) is 17.4 Å². The zero-order valence-corrected chi connectivity index (χ0v) is 15.0. The first-order chi connectivity index (χ1) is 13.6. The van der Waals surface area contributed by atoms with E-state index < -0.39 is 6.04 Å². The Morgan fingerprint density at radius 1 is 1.11 bits per heavy atom. The normalized spacial score (nSPS) is 11.9. The Balaban J connectivity index is 1.67. The fraction of sp³-hybridized carbons (Fsp3) is 0.0952. The lowest BCUT2D eigenvalue weighted by molar-refractivity contribution is 0.0938. The van der Waals surface area contributed by atoms with Crippen LogP contribution in [0.3, 0.4) is 0 Å². The van der Waals surface area contributed by atoms with Gasteiger partial charge in [0.1, 0.15) is 17.3 Å². The van der Waals surface area contributed by atoms with Crippen molar-refractivity contribution in [2.45, 2.75) is 6.04 Å². The molecule has 0 aliphatic rings. The standard InChI is InChI=1S/C21H17FN4O2/c1-28-17-9-5-15(6-10-17)19(14-3-7-16(22)8-4-14)25-20(27)18-13-26-12-2-11-23-21(26)24-18/h2-13,19H,1H3,(H,25,27)/t19-/m1/s1. The molecule has 0 saturated carbocycles. The van der Waals surface area contributed by atoms with Crippen LogP contribution in [0, 0.1) is 5.82 Å². The first-order valence-corrected chi connectivity index (χ1v) is 8.64. The zero-order chi connectivity index (χ0) is 19.5. The van der Waals surface area contributed by atoms with Crippen LogP contribution in [-0.4, -0.2) is 27.4 Å². The van der Waals surface area contributed by atoms with Crippen molar-refractivity contribution in [3.8, 4) is 5.75 Å². The second kappa shape index (κ2) is 7.48. The van der Waals surface area contributed by atoms with Gasteiger partial charge in [-0.25, -0.2) is 14.4 Å². The summed E-state index contributed by atoms with van der Waals surface area (Å²) in [5, 5.41) is 2.98. The van der Waals surface area contributed by atoms with E-state index in [0.29, 0.717) is 11.5 Å². The number of benzene rings is 2. The minimum absolute atomic E-state index is 0.249. The average Bonchev–Trinajstić information content (AvgIpc) is 3.17. The Morgan fingerprint density at radius 2 is 1.79 bits per heavy atom. The molecule has 0 unspecified atom stereocenters. The number of aromatic nitrogens is 3. The van der Waals surface area contributed by atoms with Gasteiger partial charge in [0, 0.05) is 18.6 Å². The first-order valence-electron chi connectivity index (χ1n) is 8.64. The van der Waals surface area contributed by atoms with Crippen molar-refractivity contribution in [3.63, 3.8) is 0 Å². The van der Waals surface area contributed by atoms with Crippen molar-refractivity contribution in [1.82, 2.24) is 19.7 Å². The summed E-state index contributed by atoms with van der Waals surface area (Å²) in [4.78, 5) is 21.2. The van der Waals surface area contributed by atoms with Crippen LogP contribution in [0.4, 0.5) is 4.39 Å². The lowest BCUT2D eigenvalue weighted by Crippen LogP contribution is -2.29. The van der Waals surface area contributed by atoms with Gasteiger partial charge in [0.2, 0.25) is 5.78 Å². The van der Waals surface area contributed by atoms with Crippen molar-refractivity contribution in [2.24, 2.45) is 0 Å². The molecule has 2 heterocycles. The van der Waals surface area contributed by atoms with Gasteiger partial charge in [-0.2, -0.15) is 0 Å². The number of carbonyl (C=O) groups excluding carboxylic acids is 1. The quantitative estimate of drug-likeness (QED) is 0.580. The third-order valence-corrected chi connectivity index (χ3v) is 4.40. The highest BCUT2D eigenvalue weighted by molar-refractivity contribution is 5.93. The summed E-state index contributed by atoms with van der Waals surface area (Å²) >= 11 is 0. The largest absolute Gasteiger partial charge is 0.497 e. The first kappa shape index (κ1) is 17.7. The van der Waals surface area contributed by atoms with Crippen molar-refractivity contribution >= 4 is 11.7 Å². The van der Waals surface area contributed by atoms with E-state index in [1.54, 1.807) is 48.3 Å². The van der Waals surface area contributed by atoms with Crippen LogP contribution in [-0.2, 0) is 0 Å². The molecule has 2 aromatic carbocycles. The smallest absolute Gasteiger partial charge is 0.272 e. The number of carbonyl (C=O) groups is 1. The summed E-state index contributed by atoms with van der Waals surface area (Å²) in [5.74, 6) is 0.459. The topological polar surface area (TPSA) is 68.5 Å². The number of amides is 1. The summed E-state index contributed by atoms with van der Waals surface area (Å²) < 4.78 is 20.2. The van der Waals surface area contributed by atoms with E-state index in [0.717, 1.165) is 11.1 Å². The van der Waals surface area contributed by atoms with Gasteiger partial charge in [0.15, 0.2) is 0 Å². The Kier molecular flexibility index (Phi) is 4.72. The molecule has 1 N–H and O–H groups in total. The second-order valence-electron chi connectivity index (χ2n) is 6.18. The molecule has 0 aliphatic carbocycles. The molecular weight excluding hydrogens is 359 g/mol. The predicted octanol–water partition coefficient (Wildman–Crippen LogP) is 3.40. The van der Waals surface area contributed by atoms with Gasteiger partial charge in [-0.05, 0) is 41.5 Å². The van der Waals surface area contributed by atoms with Crippen LogP contribution in [0.1, 0.15) is 27.7 Å². The number of imidazole rings is 1. The van der Waals surface area contributed by atoms with E-state index in [1.807, 2.05) is 24.3 Å². The van der Waals surface area contributed by atoms with Crippen LogP contribution >= 0.6 is 0 Å². The number of hydrogen-bond acceptors (Lipinski definition) is 4. The Labute approximate surface area is 160 Å². The fourth-order valence-electron chi connectivity index (χ4n) is 2.96. The maximum Gasteiger partial charge on any atom is 0.272 e. The molecular formula is C21H17FN4O2. The minimum Gasteiger partial charge on any atom is -0.497 e. The van der Waals surface area contributed by atoms with E-state index >= 15 is 0 Å². The minimum atomic E-state index is -0.475. The molecule has 7 heteroatoms. The van der Waals surface area contributed by atoms with Gasteiger partial charge in [-0.1, -0.05) is 24.3 Å². The number of nitrogens with one attached hydrogen (secondary N) is 1. The molecule has 6 nitrogen and oxygen atoms in total.